The number of hydrogen-bond donors (Lipinski definition) is 2. The third-order valence-electron chi connectivity index (χ3n) is 1.53. The van der Waals surface area contributed by atoms with Gasteiger partial charge in [0.1, 0.15) is 13.1 Å². The van der Waals surface area contributed by atoms with Crippen molar-refractivity contribution in [3.63, 3.8) is 0 Å². The molecule has 2 aliphatic heterocycles. The Morgan fingerprint density at radius 2 is 1.55 bits per heavy atom. The number of nitrogens with two attached hydrogens (primary N) is 2. The van der Waals surface area contributed by atoms with Gasteiger partial charge in [0.15, 0.2) is 0 Å². The summed E-state index contributed by atoms with van der Waals surface area (Å²) in [6, 6.07) is 0.268. The fourth-order valence-corrected chi connectivity index (χ4v) is 1.04. The van der Waals surface area contributed by atoms with Crippen LogP contribution in [-0.2, 0) is 9.47 Å². The van der Waals surface area contributed by atoms with Crippen LogP contribution in [0.1, 0.15) is 0 Å². The smallest absolute Gasteiger partial charge is 0.296 e. The molecule has 0 amide bonds. The molecule has 2 rings (SSSR count). The van der Waals surface area contributed by atoms with Gasteiger partial charge in [-0.1, -0.05) is 0 Å². The van der Waals surface area contributed by atoms with Gasteiger partial charge in [0.2, 0.25) is 0 Å². The Labute approximate surface area is 62.9 Å². The maximum absolute atomic E-state index is 5.29. The zero-order valence-electron chi connectivity index (χ0n) is 5.78. The van der Waals surface area contributed by atoms with E-state index < -0.39 is 5.79 Å². The van der Waals surface area contributed by atoms with Crippen LogP contribution in [0.2, 0.25) is 0 Å². The molecule has 0 radical (unpaired) electrons. The largest absolute Gasteiger partial charge is 0.418 e. The van der Waals surface area contributed by atoms with E-state index in [4.69, 9.17) is 20.9 Å². The second kappa shape index (κ2) is 1.77. The zero-order valence-corrected chi connectivity index (χ0v) is 5.78. The Balaban J connectivity index is 2.08. The molecule has 0 atom stereocenters. The predicted octanol–water partition coefficient (Wildman–Crippen LogP) is -1.63. The summed E-state index contributed by atoms with van der Waals surface area (Å²) in [5.74, 6) is -0.825. The van der Waals surface area contributed by atoms with E-state index in [0.717, 1.165) is 0 Å². The molecular formula is C5H8N4O2. The first kappa shape index (κ1) is 6.26. The van der Waals surface area contributed by atoms with Crippen LogP contribution in [0.25, 0.3) is 0 Å². The Hall–Kier alpha value is -1.46. The molecule has 0 saturated carbocycles. The lowest BCUT2D eigenvalue weighted by Crippen LogP contribution is -2.39. The van der Waals surface area contributed by atoms with E-state index in [1.165, 1.54) is 0 Å². The molecule has 0 saturated heterocycles. The maximum Gasteiger partial charge on any atom is 0.296 e. The van der Waals surface area contributed by atoms with Crippen molar-refractivity contribution in [1.29, 1.82) is 0 Å². The van der Waals surface area contributed by atoms with Gasteiger partial charge in [0.25, 0.3) is 17.8 Å². The van der Waals surface area contributed by atoms with Crippen LogP contribution in [0.5, 0.6) is 0 Å². The number of hydrogen-bond acceptors (Lipinski definition) is 6. The first-order chi connectivity index (χ1) is 5.20. The second-order valence-electron chi connectivity index (χ2n) is 2.42. The Bertz CT molecular complexity index is 221. The molecule has 11 heavy (non-hydrogen) atoms. The molecule has 6 heteroatoms. The van der Waals surface area contributed by atoms with E-state index in [2.05, 4.69) is 9.98 Å². The van der Waals surface area contributed by atoms with Crippen LogP contribution in [-0.4, -0.2) is 30.9 Å². The third kappa shape index (κ3) is 0.866. The highest BCUT2D eigenvalue weighted by Gasteiger charge is 2.44. The van der Waals surface area contributed by atoms with E-state index in [0.29, 0.717) is 13.1 Å². The van der Waals surface area contributed by atoms with Gasteiger partial charge in [-0.15, -0.1) is 0 Å². The molecular weight excluding hydrogens is 148 g/mol. The summed E-state index contributed by atoms with van der Waals surface area (Å²) in [6.07, 6.45) is 0. The minimum atomic E-state index is -0.825. The summed E-state index contributed by atoms with van der Waals surface area (Å²) in [5.41, 5.74) is 10.6. The van der Waals surface area contributed by atoms with Crippen LogP contribution < -0.4 is 11.5 Å². The average Bonchev–Trinajstić information content (AvgIpc) is 2.44. The van der Waals surface area contributed by atoms with Crippen molar-refractivity contribution in [1.82, 2.24) is 0 Å². The fourth-order valence-electron chi connectivity index (χ4n) is 1.04. The second-order valence-corrected chi connectivity index (χ2v) is 2.42. The molecule has 2 heterocycles. The highest BCUT2D eigenvalue weighted by molar-refractivity contribution is 5.77. The van der Waals surface area contributed by atoms with Crippen LogP contribution in [0.15, 0.2) is 9.98 Å². The monoisotopic (exact) mass is 156 g/mol. The van der Waals surface area contributed by atoms with Gasteiger partial charge in [-0.05, 0) is 0 Å². The molecule has 6 nitrogen and oxygen atoms in total. The Kier molecular flexibility index (Phi) is 1.01. The average molecular weight is 156 g/mol. The summed E-state index contributed by atoms with van der Waals surface area (Å²) in [7, 11) is 0. The van der Waals surface area contributed by atoms with Crippen LogP contribution in [0.3, 0.4) is 0 Å². The summed E-state index contributed by atoms with van der Waals surface area (Å²) in [4.78, 5) is 7.65. The van der Waals surface area contributed by atoms with Crippen LogP contribution in [0, 0.1) is 0 Å². The molecule has 0 aliphatic carbocycles. The molecule has 4 N–H and O–H groups in total. The van der Waals surface area contributed by atoms with Gasteiger partial charge in [0, 0.05) is 0 Å². The van der Waals surface area contributed by atoms with Crippen LogP contribution >= 0.6 is 0 Å². The molecule has 0 fully saturated rings. The van der Waals surface area contributed by atoms with Gasteiger partial charge in [-0.2, -0.15) is 0 Å². The number of ether oxygens (including phenoxy) is 2. The zero-order chi connectivity index (χ0) is 7.90. The van der Waals surface area contributed by atoms with E-state index >= 15 is 0 Å². The lowest BCUT2D eigenvalue weighted by molar-refractivity contribution is -0.0888. The van der Waals surface area contributed by atoms with E-state index in [9.17, 15) is 0 Å². The molecule has 0 unspecified atom stereocenters. The molecule has 0 aromatic carbocycles. The topological polar surface area (TPSA) is 95.2 Å². The van der Waals surface area contributed by atoms with Gasteiger partial charge >= 0.3 is 0 Å². The van der Waals surface area contributed by atoms with Crippen molar-refractivity contribution in [2.75, 3.05) is 13.1 Å². The molecule has 60 valence electrons. The highest BCUT2D eigenvalue weighted by Crippen LogP contribution is 2.23. The van der Waals surface area contributed by atoms with Crippen LogP contribution in [0.4, 0.5) is 0 Å². The fraction of sp³-hybridized carbons (Fsp3) is 0.600. The van der Waals surface area contributed by atoms with Crippen molar-refractivity contribution >= 4 is 12.0 Å². The first-order valence-corrected chi connectivity index (χ1v) is 3.18. The minimum Gasteiger partial charge on any atom is -0.418 e. The number of aliphatic imine (C=N–C) groups is 2. The highest BCUT2D eigenvalue weighted by atomic mass is 16.7. The van der Waals surface area contributed by atoms with Crippen molar-refractivity contribution in [2.24, 2.45) is 21.5 Å². The van der Waals surface area contributed by atoms with Crippen molar-refractivity contribution < 1.29 is 9.47 Å². The van der Waals surface area contributed by atoms with Gasteiger partial charge in [-0.3, -0.25) is 0 Å². The van der Waals surface area contributed by atoms with E-state index in [1.54, 1.807) is 0 Å². The van der Waals surface area contributed by atoms with Crippen molar-refractivity contribution in [3.8, 4) is 0 Å². The normalized spacial score (nSPS) is 25.8. The Morgan fingerprint density at radius 3 is 1.82 bits per heavy atom. The predicted molar refractivity (Wildman–Crippen MR) is 37.9 cm³/mol. The van der Waals surface area contributed by atoms with Crippen molar-refractivity contribution in [2.45, 2.75) is 5.79 Å². The Morgan fingerprint density at radius 1 is 1.09 bits per heavy atom. The minimum absolute atomic E-state index is 0.134. The third-order valence-corrected chi connectivity index (χ3v) is 1.53. The lowest BCUT2D eigenvalue weighted by atomic mass is 10.3. The molecule has 0 bridgehead atoms. The summed E-state index contributed by atoms with van der Waals surface area (Å²) >= 11 is 0. The molecule has 0 aromatic rings. The number of nitrogens with zero attached hydrogens (tertiary/aromatic N) is 2. The van der Waals surface area contributed by atoms with E-state index in [1.807, 2.05) is 0 Å². The van der Waals surface area contributed by atoms with Gasteiger partial charge in [-0.25, -0.2) is 9.98 Å². The quantitative estimate of drug-likeness (QED) is 0.440. The molecule has 1 spiro atoms. The van der Waals surface area contributed by atoms with E-state index in [-0.39, 0.29) is 12.0 Å². The summed E-state index contributed by atoms with van der Waals surface area (Å²) < 4.78 is 10.2. The lowest BCUT2D eigenvalue weighted by Gasteiger charge is -2.19. The molecule has 2 aliphatic rings. The standard InChI is InChI=1S/C5H8N4O2/c6-3-8-1-5(10-3)2-9-4(7)11-5/h1-2H2,(H2,6,8)(H2,7,9). The van der Waals surface area contributed by atoms with Gasteiger partial charge in [0.05, 0.1) is 0 Å². The SMILES string of the molecule is NC1=NCC2(CN=C(N)O2)O1. The summed E-state index contributed by atoms with van der Waals surface area (Å²) in [6.45, 7) is 0.728. The van der Waals surface area contributed by atoms with Crippen molar-refractivity contribution in [3.05, 3.63) is 0 Å². The van der Waals surface area contributed by atoms with Gasteiger partial charge < -0.3 is 20.9 Å². The number of rotatable bonds is 0. The summed E-state index contributed by atoms with van der Waals surface area (Å²) in [5, 5.41) is 0. The molecule has 0 aromatic heterocycles. The first-order valence-electron chi connectivity index (χ1n) is 3.18. The maximum atomic E-state index is 5.29. The number of amidine groups is 2.